The Labute approximate surface area is 120 Å². The van der Waals surface area contributed by atoms with Crippen molar-refractivity contribution in [3.63, 3.8) is 0 Å². The van der Waals surface area contributed by atoms with Crippen LogP contribution in [-0.2, 0) is 12.6 Å². The van der Waals surface area contributed by atoms with Gasteiger partial charge in [-0.25, -0.2) is 4.68 Å². The molecule has 21 heavy (non-hydrogen) atoms. The van der Waals surface area contributed by atoms with E-state index in [-0.39, 0.29) is 11.7 Å². The van der Waals surface area contributed by atoms with E-state index in [1.54, 1.807) is 6.07 Å². The van der Waals surface area contributed by atoms with Gasteiger partial charge in [-0.15, -0.1) is 5.10 Å². The number of nitrogens with zero attached hydrogens (tertiary/aromatic N) is 3. The van der Waals surface area contributed by atoms with Gasteiger partial charge in [-0.2, -0.15) is 13.2 Å². The summed E-state index contributed by atoms with van der Waals surface area (Å²) in [5.41, 5.74) is 6.35. The zero-order valence-electron chi connectivity index (χ0n) is 11.9. The van der Waals surface area contributed by atoms with E-state index in [9.17, 15) is 13.2 Å². The van der Waals surface area contributed by atoms with E-state index in [1.807, 2.05) is 13.8 Å². The molecule has 0 aliphatic heterocycles. The number of hydrogen-bond acceptors (Lipinski definition) is 3. The van der Waals surface area contributed by atoms with Crippen LogP contribution in [0.5, 0.6) is 0 Å². The summed E-state index contributed by atoms with van der Waals surface area (Å²) < 4.78 is 40.6. The summed E-state index contributed by atoms with van der Waals surface area (Å²) in [4.78, 5) is 0. The third-order valence-corrected chi connectivity index (χ3v) is 3.36. The van der Waals surface area contributed by atoms with Gasteiger partial charge in [0.1, 0.15) is 5.69 Å². The number of hydrogen-bond donors (Lipinski definition) is 1. The third-order valence-electron chi connectivity index (χ3n) is 3.36. The molecule has 1 atom stereocenters. The molecular formula is C14H17F3N4. The summed E-state index contributed by atoms with van der Waals surface area (Å²) in [6.45, 7) is 3.74. The minimum absolute atomic E-state index is 0.0242. The summed E-state index contributed by atoms with van der Waals surface area (Å²) in [6.07, 6.45) is -3.30. The molecule has 2 aromatic rings. The van der Waals surface area contributed by atoms with Gasteiger partial charge in [-0.05, 0) is 25.0 Å². The van der Waals surface area contributed by atoms with Crippen LogP contribution in [0, 0.1) is 0 Å². The minimum Gasteiger partial charge on any atom is -0.323 e. The molecule has 0 aliphatic carbocycles. The van der Waals surface area contributed by atoms with Gasteiger partial charge in [0.2, 0.25) is 0 Å². The Bertz CT molecular complexity index is 619. The van der Waals surface area contributed by atoms with Crippen LogP contribution in [0.15, 0.2) is 24.3 Å². The highest BCUT2D eigenvalue weighted by atomic mass is 19.4. The molecule has 1 heterocycles. The van der Waals surface area contributed by atoms with Crippen LogP contribution in [0.4, 0.5) is 13.2 Å². The Balaban J connectivity index is 2.61. The van der Waals surface area contributed by atoms with Gasteiger partial charge in [0.25, 0.3) is 0 Å². The molecule has 2 rings (SSSR count). The Morgan fingerprint density at radius 3 is 2.48 bits per heavy atom. The molecule has 0 fully saturated rings. The Hall–Kier alpha value is -1.89. The van der Waals surface area contributed by atoms with Gasteiger partial charge >= 0.3 is 6.18 Å². The van der Waals surface area contributed by atoms with E-state index in [0.717, 1.165) is 6.07 Å². The first-order chi connectivity index (χ1) is 9.90. The number of nitrogens with two attached hydrogens (primary N) is 1. The highest BCUT2D eigenvalue weighted by Crippen LogP contribution is 2.34. The lowest BCUT2D eigenvalue weighted by Gasteiger charge is -2.14. The van der Waals surface area contributed by atoms with Gasteiger partial charge in [0.05, 0.1) is 23.0 Å². The van der Waals surface area contributed by atoms with E-state index in [2.05, 4.69) is 10.3 Å². The molecule has 0 saturated heterocycles. The van der Waals surface area contributed by atoms with Crippen LogP contribution in [0.25, 0.3) is 5.69 Å². The van der Waals surface area contributed by atoms with E-state index in [4.69, 9.17) is 5.73 Å². The maximum atomic E-state index is 13.1. The number of para-hydroxylation sites is 1. The normalized spacial score (nSPS) is 13.4. The predicted octanol–water partition coefficient (Wildman–Crippen LogP) is 3.26. The molecular weight excluding hydrogens is 281 g/mol. The van der Waals surface area contributed by atoms with E-state index in [0.29, 0.717) is 24.2 Å². The second-order valence-electron chi connectivity index (χ2n) is 4.72. The molecule has 0 bridgehead atoms. The Morgan fingerprint density at radius 2 is 1.90 bits per heavy atom. The highest BCUT2D eigenvalue weighted by Gasteiger charge is 2.34. The van der Waals surface area contributed by atoms with Gasteiger partial charge in [0.15, 0.2) is 0 Å². The molecule has 7 heteroatoms. The van der Waals surface area contributed by atoms with Gasteiger partial charge < -0.3 is 5.73 Å². The molecule has 0 saturated carbocycles. The van der Waals surface area contributed by atoms with Crippen LogP contribution >= 0.6 is 0 Å². The summed E-state index contributed by atoms with van der Waals surface area (Å²) in [5.74, 6) is 0. The molecule has 1 aromatic carbocycles. The summed E-state index contributed by atoms with van der Waals surface area (Å²) in [5, 5.41) is 7.86. The average Bonchev–Trinajstić information content (AvgIpc) is 2.89. The van der Waals surface area contributed by atoms with Crippen LogP contribution in [0.3, 0.4) is 0 Å². The molecule has 2 N–H and O–H groups in total. The molecule has 0 radical (unpaired) electrons. The fourth-order valence-electron chi connectivity index (χ4n) is 2.22. The van der Waals surface area contributed by atoms with Crippen molar-refractivity contribution in [1.82, 2.24) is 15.0 Å². The quantitative estimate of drug-likeness (QED) is 0.942. The highest BCUT2D eigenvalue weighted by molar-refractivity contribution is 5.43. The summed E-state index contributed by atoms with van der Waals surface area (Å²) in [7, 11) is 0. The first kappa shape index (κ1) is 15.5. The largest absolute Gasteiger partial charge is 0.418 e. The topological polar surface area (TPSA) is 56.7 Å². The zero-order chi connectivity index (χ0) is 15.6. The number of alkyl halides is 3. The summed E-state index contributed by atoms with van der Waals surface area (Å²) in [6, 6.07) is 5.00. The monoisotopic (exact) mass is 298 g/mol. The maximum absolute atomic E-state index is 13.1. The average molecular weight is 298 g/mol. The van der Waals surface area contributed by atoms with Crippen molar-refractivity contribution >= 4 is 0 Å². The van der Waals surface area contributed by atoms with Gasteiger partial charge in [0, 0.05) is 0 Å². The number of benzene rings is 1. The van der Waals surface area contributed by atoms with Crippen molar-refractivity contribution in [1.29, 1.82) is 0 Å². The molecule has 1 aromatic heterocycles. The van der Waals surface area contributed by atoms with Crippen molar-refractivity contribution < 1.29 is 13.2 Å². The molecule has 0 amide bonds. The fraction of sp³-hybridized carbons (Fsp3) is 0.429. The minimum atomic E-state index is -4.44. The molecule has 1 unspecified atom stereocenters. The molecule has 0 spiro atoms. The number of rotatable bonds is 4. The number of aromatic nitrogens is 3. The Kier molecular flexibility index (Phi) is 4.32. The van der Waals surface area contributed by atoms with Crippen molar-refractivity contribution in [3.05, 3.63) is 41.2 Å². The standard InChI is InChI=1S/C14H17F3N4/c1-3-10(18)13-11(4-2)21(20-19-13)12-8-6-5-7-9(12)14(15,16)17/h5-8,10H,3-4,18H2,1-2H3. The van der Waals surface area contributed by atoms with Gasteiger partial charge in [-0.1, -0.05) is 31.2 Å². The van der Waals surface area contributed by atoms with Crippen LogP contribution in [-0.4, -0.2) is 15.0 Å². The lowest BCUT2D eigenvalue weighted by molar-refractivity contribution is -0.137. The lowest BCUT2D eigenvalue weighted by atomic mass is 10.1. The first-order valence-corrected chi connectivity index (χ1v) is 6.76. The first-order valence-electron chi connectivity index (χ1n) is 6.76. The second kappa shape index (κ2) is 5.85. The van der Waals surface area contributed by atoms with Crippen molar-refractivity contribution in [2.45, 2.75) is 38.9 Å². The number of halogens is 3. The Morgan fingerprint density at radius 1 is 1.24 bits per heavy atom. The maximum Gasteiger partial charge on any atom is 0.418 e. The lowest BCUT2D eigenvalue weighted by Crippen LogP contribution is -2.15. The molecule has 114 valence electrons. The molecule has 4 nitrogen and oxygen atoms in total. The third kappa shape index (κ3) is 2.92. The van der Waals surface area contributed by atoms with Crippen molar-refractivity contribution in [2.75, 3.05) is 0 Å². The van der Waals surface area contributed by atoms with E-state index >= 15 is 0 Å². The molecule has 0 aliphatic rings. The SMILES string of the molecule is CCc1c(C(N)CC)nnn1-c1ccccc1C(F)(F)F. The van der Waals surface area contributed by atoms with Crippen molar-refractivity contribution in [2.24, 2.45) is 5.73 Å². The van der Waals surface area contributed by atoms with E-state index < -0.39 is 11.7 Å². The smallest absolute Gasteiger partial charge is 0.323 e. The zero-order valence-corrected chi connectivity index (χ0v) is 11.9. The second-order valence-corrected chi connectivity index (χ2v) is 4.72. The summed E-state index contributed by atoms with van der Waals surface area (Å²) >= 11 is 0. The van der Waals surface area contributed by atoms with Crippen LogP contribution in [0.1, 0.15) is 43.3 Å². The fourth-order valence-corrected chi connectivity index (χ4v) is 2.22. The predicted molar refractivity (Wildman–Crippen MR) is 73.0 cm³/mol. The van der Waals surface area contributed by atoms with Crippen molar-refractivity contribution in [3.8, 4) is 5.69 Å². The van der Waals surface area contributed by atoms with E-state index in [1.165, 1.54) is 16.8 Å². The van der Waals surface area contributed by atoms with Crippen LogP contribution < -0.4 is 5.73 Å². The van der Waals surface area contributed by atoms with Gasteiger partial charge in [-0.3, -0.25) is 0 Å². The van der Waals surface area contributed by atoms with Crippen LogP contribution in [0.2, 0.25) is 0 Å².